The quantitative estimate of drug-likeness (QED) is 0.712. The van der Waals surface area contributed by atoms with Gasteiger partial charge in [-0.05, 0) is 56.3 Å². The van der Waals surface area contributed by atoms with Crippen molar-refractivity contribution in [1.29, 1.82) is 0 Å². The van der Waals surface area contributed by atoms with Gasteiger partial charge in [-0.1, -0.05) is 0 Å². The Balaban J connectivity index is 0.000000853. The summed E-state index contributed by atoms with van der Waals surface area (Å²) in [5.41, 5.74) is 5.80. The smallest absolute Gasteiger partial charge is 0.0691 e. The molecule has 0 aromatic heterocycles. The van der Waals surface area contributed by atoms with E-state index >= 15 is 0 Å². The molecule has 15 heavy (non-hydrogen) atoms. The second-order valence-corrected chi connectivity index (χ2v) is 5.74. The number of hydrogen-bond donors (Lipinski definition) is 1. The third kappa shape index (κ3) is 2.11. The molecule has 0 saturated heterocycles. The standard InChI is InChI=1S/C12H21NO.BrH/c13-1-2-14-12-6-9-3-10(7-12)5-11(4-9)8-12;/h9-11H,1-8,13H2;1H/p-1. The Morgan fingerprint density at radius 1 is 1.00 bits per heavy atom. The van der Waals surface area contributed by atoms with E-state index in [1.807, 2.05) is 0 Å². The van der Waals surface area contributed by atoms with E-state index in [1.54, 1.807) is 0 Å². The van der Waals surface area contributed by atoms with Crippen LogP contribution in [0.3, 0.4) is 0 Å². The van der Waals surface area contributed by atoms with Crippen molar-refractivity contribution in [2.45, 2.75) is 44.1 Å². The first-order valence-corrected chi connectivity index (χ1v) is 6.14. The molecule has 2 nitrogen and oxygen atoms in total. The molecular weight excluding hydrogens is 254 g/mol. The summed E-state index contributed by atoms with van der Waals surface area (Å²) in [7, 11) is 0. The van der Waals surface area contributed by atoms with Gasteiger partial charge in [0.05, 0.1) is 12.2 Å². The molecule has 4 rings (SSSR count). The Morgan fingerprint density at radius 2 is 1.47 bits per heavy atom. The minimum absolute atomic E-state index is 0. The highest BCUT2D eigenvalue weighted by Crippen LogP contribution is 2.56. The number of rotatable bonds is 3. The molecule has 0 atom stereocenters. The van der Waals surface area contributed by atoms with E-state index in [-0.39, 0.29) is 22.6 Å². The predicted octanol–water partition coefficient (Wildman–Crippen LogP) is -1.07. The molecule has 3 heteroatoms. The highest BCUT2D eigenvalue weighted by molar-refractivity contribution is 5.03. The second kappa shape index (κ2) is 4.34. The molecule has 0 unspecified atom stereocenters. The summed E-state index contributed by atoms with van der Waals surface area (Å²) in [5, 5.41) is 0. The van der Waals surface area contributed by atoms with Crippen molar-refractivity contribution in [3.63, 3.8) is 0 Å². The Hall–Kier alpha value is 0.400. The zero-order valence-electron chi connectivity index (χ0n) is 9.25. The summed E-state index contributed by atoms with van der Waals surface area (Å²) >= 11 is 0. The van der Waals surface area contributed by atoms with Gasteiger partial charge in [-0.25, -0.2) is 0 Å². The lowest BCUT2D eigenvalue weighted by atomic mass is 9.54. The Kier molecular flexibility index (Phi) is 3.44. The van der Waals surface area contributed by atoms with Gasteiger partial charge in [-0.2, -0.15) is 0 Å². The minimum Gasteiger partial charge on any atom is -1.00 e. The first-order chi connectivity index (χ1) is 6.80. The molecule has 0 aromatic carbocycles. The highest BCUT2D eigenvalue weighted by atomic mass is 79.9. The van der Waals surface area contributed by atoms with Crippen molar-refractivity contribution >= 4 is 0 Å². The zero-order valence-corrected chi connectivity index (χ0v) is 10.8. The fourth-order valence-electron chi connectivity index (χ4n) is 4.48. The van der Waals surface area contributed by atoms with Gasteiger partial charge in [0.1, 0.15) is 0 Å². The van der Waals surface area contributed by atoms with E-state index in [9.17, 15) is 0 Å². The van der Waals surface area contributed by atoms with Crippen molar-refractivity contribution in [3.05, 3.63) is 0 Å². The Labute approximate surface area is 103 Å². The first-order valence-electron chi connectivity index (χ1n) is 6.14. The molecule has 0 aliphatic heterocycles. The van der Waals surface area contributed by atoms with Crippen LogP contribution in [0.5, 0.6) is 0 Å². The molecular formula is C12H21BrNO-. The van der Waals surface area contributed by atoms with E-state index in [2.05, 4.69) is 0 Å². The number of ether oxygens (including phenoxy) is 1. The van der Waals surface area contributed by atoms with Gasteiger partial charge in [0.2, 0.25) is 0 Å². The maximum absolute atomic E-state index is 6.07. The van der Waals surface area contributed by atoms with Gasteiger partial charge in [0.15, 0.2) is 0 Å². The average Bonchev–Trinajstić information content (AvgIpc) is 2.12. The zero-order chi connectivity index (χ0) is 9.60. The summed E-state index contributed by atoms with van der Waals surface area (Å²) in [5.74, 6) is 2.96. The fourth-order valence-corrected chi connectivity index (χ4v) is 4.48. The van der Waals surface area contributed by atoms with Crippen LogP contribution in [0.2, 0.25) is 0 Å². The summed E-state index contributed by atoms with van der Waals surface area (Å²) in [6.07, 6.45) is 8.47. The topological polar surface area (TPSA) is 35.2 Å². The molecule has 4 fully saturated rings. The van der Waals surface area contributed by atoms with Crippen LogP contribution in [-0.4, -0.2) is 18.8 Å². The summed E-state index contributed by atoms with van der Waals surface area (Å²) in [4.78, 5) is 0. The third-order valence-electron chi connectivity index (χ3n) is 4.51. The predicted molar refractivity (Wildman–Crippen MR) is 55.9 cm³/mol. The van der Waals surface area contributed by atoms with Gasteiger partial charge < -0.3 is 27.5 Å². The monoisotopic (exact) mass is 274 g/mol. The minimum atomic E-state index is 0. The second-order valence-electron chi connectivity index (χ2n) is 5.74. The number of nitrogens with two attached hydrogens (primary N) is 1. The van der Waals surface area contributed by atoms with Crippen LogP contribution in [-0.2, 0) is 4.74 Å². The van der Waals surface area contributed by atoms with Crippen molar-refractivity contribution in [3.8, 4) is 0 Å². The van der Waals surface area contributed by atoms with Crippen molar-refractivity contribution in [2.75, 3.05) is 13.2 Å². The Bertz CT molecular complexity index is 196. The maximum Gasteiger partial charge on any atom is 0.0691 e. The molecule has 4 aliphatic rings. The molecule has 4 saturated carbocycles. The average molecular weight is 275 g/mol. The molecule has 2 N–H and O–H groups in total. The largest absolute Gasteiger partial charge is 1.00 e. The van der Waals surface area contributed by atoms with Gasteiger partial charge in [-0.15, -0.1) is 0 Å². The fraction of sp³-hybridized carbons (Fsp3) is 1.00. The number of halogens is 1. The van der Waals surface area contributed by atoms with Crippen LogP contribution in [0.15, 0.2) is 0 Å². The molecule has 0 amide bonds. The highest BCUT2D eigenvalue weighted by Gasteiger charge is 2.51. The van der Waals surface area contributed by atoms with Gasteiger partial charge in [-0.3, -0.25) is 0 Å². The molecule has 0 aromatic rings. The molecule has 4 aliphatic carbocycles. The van der Waals surface area contributed by atoms with Crippen molar-refractivity contribution in [2.24, 2.45) is 23.5 Å². The SMILES string of the molecule is NCCOC12CC3CC(CC(C3)C1)C2.[Br-]. The van der Waals surface area contributed by atoms with Gasteiger partial charge in [0.25, 0.3) is 0 Å². The molecule has 0 radical (unpaired) electrons. The molecule has 0 heterocycles. The van der Waals surface area contributed by atoms with E-state index in [0.717, 1.165) is 24.4 Å². The van der Waals surface area contributed by atoms with Crippen LogP contribution in [0.4, 0.5) is 0 Å². The molecule has 0 spiro atoms. The van der Waals surface area contributed by atoms with E-state index in [4.69, 9.17) is 10.5 Å². The van der Waals surface area contributed by atoms with E-state index in [0.29, 0.717) is 6.54 Å². The van der Waals surface area contributed by atoms with Gasteiger partial charge >= 0.3 is 0 Å². The third-order valence-corrected chi connectivity index (χ3v) is 4.51. The van der Waals surface area contributed by atoms with Crippen LogP contribution in [0, 0.1) is 17.8 Å². The Morgan fingerprint density at radius 3 is 1.87 bits per heavy atom. The van der Waals surface area contributed by atoms with Crippen molar-refractivity contribution in [1.82, 2.24) is 0 Å². The van der Waals surface area contributed by atoms with Gasteiger partial charge in [0, 0.05) is 6.54 Å². The van der Waals surface area contributed by atoms with Crippen LogP contribution < -0.4 is 22.7 Å². The van der Waals surface area contributed by atoms with Crippen LogP contribution in [0.1, 0.15) is 38.5 Å². The summed E-state index contributed by atoms with van der Waals surface area (Å²) < 4.78 is 6.07. The molecule has 4 bridgehead atoms. The lowest BCUT2D eigenvalue weighted by Gasteiger charge is -2.56. The van der Waals surface area contributed by atoms with E-state index < -0.39 is 0 Å². The van der Waals surface area contributed by atoms with Crippen LogP contribution in [0.25, 0.3) is 0 Å². The number of hydrogen-bond acceptors (Lipinski definition) is 2. The lowest BCUT2D eigenvalue weighted by molar-refractivity contribution is -0.160. The maximum atomic E-state index is 6.07. The summed E-state index contributed by atoms with van der Waals surface area (Å²) in [6, 6.07) is 0. The lowest BCUT2D eigenvalue weighted by Crippen LogP contribution is -3.00. The van der Waals surface area contributed by atoms with E-state index in [1.165, 1.54) is 38.5 Å². The van der Waals surface area contributed by atoms with Crippen LogP contribution >= 0.6 is 0 Å². The summed E-state index contributed by atoms with van der Waals surface area (Å²) in [6.45, 7) is 1.45. The first kappa shape index (κ1) is 11.9. The van der Waals surface area contributed by atoms with Crippen molar-refractivity contribution < 1.29 is 21.7 Å². The normalized spacial score (nSPS) is 46.6. The molecule has 88 valence electrons.